The molecule has 1 amide bonds. The molecular formula is C16H22N2O2. The number of amides is 1. The molecule has 2 rings (SSSR count). The fourth-order valence-corrected chi connectivity index (χ4v) is 2.66. The van der Waals surface area contributed by atoms with E-state index in [-0.39, 0.29) is 17.6 Å². The van der Waals surface area contributed by atoms with Crippen molar-refractivity contribution in [1.29, 1.82) is 0 Å². The van der Waals surface area contributed by atoms with Crippen LogP contribution < -0.4 is 5.32 Å². The van der Waals surface area contributed by atoms with Gasteiger partial charge >= 0.3 is 0 Å². The number of ketones is 1. The highest BCUT2D eigenvalue weighted by Gasteiger charge is 2.24. The fraction of sp³-hybridized carbons (Fsp3) is 0.500. The zero-order chi connectivity index (χ0) is 14.5. The minimum atomic E-state index is -0.0141. The number of likely N-dealkylation sites (tertiary alicyclic amines) is 1. The molecule has 1 atom stereocenters. The van der Waals surface area contributed by atoms with Crippen LogP contribution in [0.3, 0.4) is 0 Å². The van der Waals surface area contributed by atoms with Gasteiger partial charge in [-0.15, -0.1) is 0 Å². The Labute approximate surface area is 120 Å². The molecule has 1 heterocycles. The summed E-state index contributed by atoms with van der Waals surface area (Å²) in [7, 11) is 0. The second-order valence-electron chi connectivity index (χ2n) is 5.60. The van der Waals surface area contributed by atoms with Crippen LogP contribution in [-0.2, 0) is 9.59 Å². The van der Waals surface area contributed by atoms with Gasteiger partial charge in [-0.05, 0) is 50.9 Å². The van der Waals surface area contributed by atoms with Gasteiger partial charge in [-0.1, -0.05) is 12.1 Å². The second kappa shape index (κ2) is 6.66. The largest absolute Gasteiger partial charge is 0.325 e. The van der Waals surface area contributed by atoms with Crippen molar-refractivity contribution < 1.29 is 9.59 Å². The first-order valence-electron chi connectivity index (χ1n) is 7.14. The Morgan fingerprint density at radius 1 is 1.40 bits per heavy atom. The van der Waals surface area contributed by atoms with Crippen LogP contribution >= 0.6 is 0 Å². The van der Waals surface area contributed by atoms with Crippen molar-refractivity contribution in [2.24, 2.45) is 5.92 Å². The zero-order valence-electron chi connectivity index (χ0n) is 12.2. The second-order valence-corrected chi connectivity index (χ2v) is 5.60. The molecule has 1 unspecified atom stereocenters. The summed E-state index contributed by atoms with van der Waals surface area (Å²) in [4.78, 5) is 25.5. The zero-order valence-corrected chi connectivity index (χ0v) is 12.2. The summed E-state index contributed by atoms with van der Waals surface area (Å²) in [6, 6.07) is 7.77. The molecule has 0 aliphatic carbocycles. The number of anilines is 1. The van der Waals surface area contributed by atoms with E-state index in [9.17, 15) is 9.59 Å². The number of aryl methyl sites for hydroxylation is 1. The van der Waals surface area contributed by atoms with Gasteiger partial charge in [-0.25, -0.2) is 0 Å². The summed E-state index contributed by atoms with van der Waals surface area (Å²) in [5.74, 6) is 0.309. The summed E-state index contributed by atoms with van der Waals surface area (Å²) < 4.78 is 0. The number of nitrogens with one attached hydrogen (secondary N) is 1. The Bertz CT molecular complexity index is 499. The minimum Gasteiger partial charge on any atom is -0.325 e. The molecule has 0 spiro atoms. The van der Waals surface area contributed by atoms with Crippen LogP contribution in [0.25, 0.3) is 0 Å². The quantitative estimate of drug-likeness (QED) is 0.916. The van der Waals surface area contributed by atoms with Gasteiger partial charge in [-0.3, -0.25) is 14.5 Å². The van der Waals surface area contributed by atoms with Gasteiger partial charge in [0.05, 0.1) is 6.54 Å². The lowest BCUT2D eigenvalue weighted by atomic mass is 9.95. The summed E-state index contributed by atoms with van der Waals surface area (Å²) in [5, 5.41) is 2.91. The van der Waals surface area contributed by atoms with Gasteiger partial charge in [0, 0.05) is 18.2 Å². The normalized spacial score (nSPS) is 19.6. The van der Waals surface area contributed by atoms with Gasteiger partial charge in [0.15, 0.2) is 0 Å². The Kier molecular flexibility index (Phi) is 4.90. The number of benzene rings is 1. The summed E-state index contributed by atoms with van der Waals surface area (Å²) in [6.45, 7) is 5.60. The van der Waals surface area contributed by atoms with Gasteiger partial charge in [0.1, 0.15) is 5.78 Å². The average Bonchev–Trinajstić information content (AvgIpc) is 2.38. The van der Waals surface area contributed by atoms with Gasteiger partial charge in [-0.2, -0.15) is 0 Å². The Morgan fingerprint density at radius 3 is 2.90 bits per heavy atom. The van der Waals surface area contributed by atoms with Crippen molar-refractivity contribution in [2.45, 2.75) is 26.7 Å². The highest BCUT2D eigenvalue weighted by molar-refractivity contribution is 5.92. The van der Waals surface area contributed by atoms with E-state index in [4.69, 9.17) is 0 Å². The Morgan fingerprint density at radius 2 is 2.20 bits per heavy atom. The third-order valence-electron chi connectivity index (χ3n) is 3.75. The molecular weight excluding hydrogens is 252 g/mol. The smallest absolute Gasteiger partial charge is 0.238 e. The molecule has 1 aromatic carbocycles. The van der Waals surface area contributed by atoms with Crippen LogP contribution in [0, 0.1) is 12.8 Å². The highest BCUT2D eigenvalue weighted by Crippen LogP contribution is 2.17. The minimum absolute atomic E-state index is 0.0141. The first-order valence-corrected chi connectivity index (χ1v) is 7.14. The predicted molar refractivity (Wildman–Crippen MR) is 79.7 cm³/mol. The molecule has 4 nitrogen and oxygen atoms in total. The van der Waals surface area contributed by atoms with E-state index in [0.29, 0.717) is 13.1 Å². The maximum Gasteiger partial charge on any atom is 0.238 e. The maximum atomic E-state index is 12.0. The van der Waals surface area contributed by atoms with Crippen molar-refractivity contribution >= 4 is 17.4 Å². The Balaban J connectivity index is 1.86. The van der Waals surface area contributed by atoms with E-state index in [1.54, 1.807) is 6.92 Å². The van der Waals surface area contributed by atoms with Crippen molar-refractivity contribution in [1.82, 2.24) is 4.90 Å². The monoisotopic (exact) mass is 274 g/mol. The topological polar surface area (TPSA) is 49.4 Å². The number of rotatable bonds is 4. The van der Waals surface area contributed by atoms with Crippen LogP contribution in [-0.4, -0.2) is 36.2 Å². The van der Waals surface area contributed by atoms with E-state index < -0.39 is 0 Å². The molecule has 1 aliphatic heterocycles. The van der Waals surface area contributed by atoms with E-state index in [1.807, 2.05) is 31.2 Å². The molecule has 1 aromatic rings. The lowest BCUT2D eigenvalue weighted by molar-refractivity contribution is -0.124. The molecule has 1 N–H and O–H groups in total. The van der Waals surface area contributed by atoms with Crippen LogP contribution in [0.15, 0.2) is 24.3 Å². The lowest BCUT2D eigenvalue weighted by Gasteiger charge is -2.30. The predicted octanol–water partition coefficient (Wildman–Crippen LogP) is 2.23. The number of hydrogen-bond donors (Lipinski definition) is 1. The van der Waals surface area contributed by atoms with E-state index >= 15 is 0 Å². The maximum absolute atomic E-state index is 12.0. The highest BCUT2D eigenvalue weighted by atomic mass is 16.2. The average molecular weight is 274 g/mol. The molecule has 4 heteroatoms. The molecule has 1 saturated heterocycles. The van der Waals surface area contributed by atoms with E-state index in [2.05, 4.69) is 10.2 Å². The molecule has 0 bridgehead atoms. The Hall–Kier alpha value is -1.68. The van der Waals surface area contributed by atoms with Crippen molar-refractivity contribution in [3.05, 3.63) is 29.8 Å². The number of Topliss-reactive ketones (excluding diaryl/α,β-unsaturated/α-hetero) is 1. The third kappa shape index (κ3) is 4.17. The van der Waals surface area contributed by atoms with E-state index in [0.717, 1.165) is 30.6 Å². The molecule has 1 fully saturated rings. The summed E-state index contributed by atoms with van der Waals surface area (Å²) in [5.41, 5.74) is 1.95. The van der Waals surface area contributed by atoms with Crippen molar-refractivity contribution in [2.75, 3.05) is 25.0 Å². The number of carbonyl (C=O) groups excluding carboxylic acids is 2. The lowest BCUT2D eigenvalue weighted by Crippen LogP contribution is -2.42. The van der Waals surface area contributed by atoms with Gasteiger partial charge < -0.3 is 5.32 Å². The number of piperidine rings is 1. The van der Waals surface area contributed by atoms with E-state index in [1.165, 1.54) is 0 Å². The standard InChI is InChI=1S/C16H22N2O2/c1-12-5-3-7-15(9-12)17-16(20)11-18-8-4-6-14(10-18)13(2)19/h3,5,7,9,14H,4,6,8,10-11H2,1-2H3,(H,17,20). The van der Waals surface area contributed by atoms with Crippen LogP contribution in [0.4, 0.5) is 5.69 Å². The third-order valence-corrected chi connectivity index (χ3v) is 3.75. The summed E-state index contributed by atoms with van der Waals surface area (Å²) >= 11 is 0. The van der Waals surface area contributed by atoms with Crippen LogP contribution in [0.2, 0.25) is 0 Å². The fourth-order valence-electron chi connectivity index (χ4n) is 2.66. The molecule has 0 saturated carbocycles. The van der Waals surface area contributed by atoms with Gasteiger partial charge in [0.25, 0.3) is 0 Å². The van der Waals surface area contributed by atoms with Crippen molar-refractivity contribution in [3.8, 4) is 0 Å². The number of carbonyl (C=O) groups is 2. The molecule has 1 aliphatic rings. The molecule has 20 heavy (non-hydrogen) atoms. The first kappa shape index (κ1) is 14.7. The molecule has 108 valence electrons. The van der Waals surface area contributed by atoms with Gasteiger partial charge in [0.2, 0.25) is 5.91 Å². The summed E-state index contributed by atoms with van der Waals surface area (Å²) in [6.07, 6.45) is 1.94. The molecule has 0 aromatic heterocycles. The number of hydrogen-bond acceptors (Lipinski definition) is 3. The number of nitrogens with zero attached hydrogens (tertiary/aromatic N) is 1. The SMILES string of the molecule is CC(=O)C1CCCN(CC(=O)Nc2cccc(C)c2)C1. The first-order chi connectivity index (χ1) is 9.54. The van der Waals surface area contributed by atoms with Crippen LogP contribution in [0.1, 0.15) is 25.3 Å². The van der Waals surface area contributed by atoms with Crippen LogP contribution in [0.5, 0.6) is 0 Å². The van der Waals surface area contributed by atoms with Crippen molar-refractivity contribution in [3.63, 3.8) is 0 Å². The molecule has 0 radical (unpaired) electrons.